The Bertz CT molecular complexity index is 1770. The summed E-state index contributed by atoms with van der Waals surface area (Å²) in [7, 11) is 3.31. The number of ether oxygens (including phenoxy) is 2. The van der Waals surface area contributed by atoms with E-state index in [1.54, 1.807) is 20.3 Å². The number of benzene rings is 4. The highest BCUT2D eigenvalue weighted by Gasteiger charge is 2.34. The van der Waals surface area contributed by atoms with Crippen molar-refractivity contribution in [2.24, 2.45) is 5.10 Å². The lowest BCUT2D eigenvalue weighted by Crippen LogP contribution is -2.20. The number of hydrogen-bond acceptors (Lipinski definition) is 5. The predicted molar refractivity (Wildman–Crippen MR) is 160 cm³/mol. The number of aromatic amines is 1. The van der Waals surface area contributed by atoms with E-state index in [9.17, 15) is 4.79 Å². The third-order valence-corrected chi connectivity index (χ3v) is 7.54. The number of H-pyrrole nitrogens is 1. The third-order valence-electron chi connectivity index (χ3n) is 7.31. The summed E-state index contributed by atoms with van der Waals surface area (Å²) in [6.07, 6.45) is 0.505. The zero-order valence-electron chi connectivity index (χ0n) is 22.2. The molecule has 1 N–H and O–H groups in total. The van der Waals surface area contributed by atoms with Crippen molar-refractivity contribution in [1.82, 2.24) is 9.99 Å². The molecule has 1 aromatic heterocycles. The highest BCUT2D eigenvalue weighted by atomic mass is 35.5. The Kier molecular flexibility index (Phi) is 7.01. The minimum atomic E-state index is -0.189. The van der Waals surface area contributed by atoms with Crippen LogP contribution in [0.25, 0.3) is 22.0 Å². The second-order valence-electron chi connectivity index (χ2n) is 9.72. The Hall–Kier alpha value is -4.55. The fourth-order valence-corrected chi connectivity index (χ4v) is 5.61. The van der Waals surface area contributed by atoms with Crippen LogP contribution in [0.15, 0.2) is 107 Å². The Balaban J connectivity index is 1.56. The van der Waals surface area contributed by atoms with Crippen LogP contribution in [0.2, 0.25) is 5.02 Å². The summed E-state index contributed by atoms with van der Waals surface area (Å²) in [6, 6.07) is 31.2. The van der Waals surface area contributed by atoms with E-state index in [0.717, 1.165) is 44.7 Å². The van der Waals surface area contributed by atoms with E-state index in [-0.39, 0.29) is 11.6 Å². The van der Waals surface area contributed by atoms with Gasteiger partial charge in [0.1, 0.15) is 11.5 Å². The molecule has 6 nitrogen and oxygen atoms in total. The van der Waals surface area contributed by atoms with E-state index in [4.69, 9.17) is 26.2 Å². The number of nitrogens with zero attached hydrogens (tertiary/aromatic N) is 2. The molecule has 4 aromatic carbocycles. The maximum absolute atomic E-state index is 13.8. The number of rotatable bonds is 7. The van der Waals surface area contributed by atoms with Gasteiger partial charge < -0.3 is 14.5 Å². The molecule has 1 atom stereocenters. The first-order chi connectivity index (χ1) is 19.6. The molecule has 200 valence electrons. The predicted octanol–water partition coefficient (Wildman–Crippen LogP) is 7.22. The number of hydrogen-bond donors (Lipinski definition) is 1. The minimum Gasteiger partial charge on any atom is -0.497 e. The van der Waals surface area contributed by atoms with Crippen molar-refractivity contribution in [3.8, 4) is 22.6 Å². The number of halogens is 1. The van der Waals surface area contributed by atoms with Gasteiger partial charge >= 0.3 is 0 Å². The molecule has 7 heteroatoms. The van der Waals surface area contributed by atoms with Crippen molar-refractivity contribution in [3.05, 3.63) is 129 Å². The molecular formula is C33H28ClN3O3. The fourth-order valence-electron chi connectivity index (χ4n) is 5.44. The normalized spacial score (nSPS) is 14.8. The lowest BCUT2D eigenvalue weighted by Gasteiger charge is -2.25. The number of methoxy groups -OCH3 is 2. The summed E-state index contributed by atoms with van der Waals surface area (Å²) in [5.41, 5.74) is 5.58. The first-order valence-electron chi connectivity index (χ1n) is 13.1. The van der Waals surface area contributed by atoms with Gasteiger partial charge in [-0.05, 0) is 47.5 Å². The van der Waals surface area contributed by atoms with E-state index in [1.165, 1.54) is 0 Å². The van der Waals surface area contributed by atoms with Crippen molar-refractivity contribution < 1.29 is 9.47 Å². The lowest BCUT2D eigenvalue weighted by atomic mass is 9.90. The van der Waals surface area contributed by atoms with Crippen LogP contribution in [-0.2, 0) is 6.54 Å². The van der Waals surface area contributed by atoms with Crippen LogP contribution < -0.4 is 15.0 Å². The van der Waals surface area contributed by atoms with Crippen LogP contribution >= 0.6 is 11.6 Å². The molecule has 0 saturated carbocycles. The molecule has 5 aromatic rings. The zero-order chi connectivity index (χ0) is 27.6. The van der Waals surface area contributed by atoms with Gasteiger partial charge in [-0.3, -0.25) is 9.80 Å². The van der Waals surface area contributed by atoms with Gasteiger partial charge in [-0.15, -0.1) is 0 Å². The van der Waals surface area contributed by atoms with Crippen LogP contribution in [0.3, 0.4) is 0 Å². The Morgan fingerprint density at radius 1 is 0.900 bits per heavy atom. The summed E-state index contributed by atoms with van der Waals surface area (Å²) in [6.45, 7) is 0.563. The maximum Gasteiger partial charge on any atom is 0.258 e. The molecule has 0 aliphatic carbocycles. The van der Waals surface area contributed by atoms with Gasteiger partial charge in [0.05, 0.1) is 38.1 Å². The summed E-state index contributed by atoms with van der Waals surface area (Å²) in [4.78, 5) is 16.9. The monoisotopic (exact) mass is 549 g/mol. The fraction of sp³-hybridized carbons (Fsp3) is 0.152. The molecule has 1 aliphatic heterocycles. The molecule has 1 unspecified atom stereocenters. The standard InChI is InChI=1S/C33H28ClN3O3/c1-39-24-14-16-30(40-2)26(18-24)29-19-28(36-37(29)20-21-9-5-3-6-10-21)32-31(22-11-7-4-8-12-22)25-17-23(34)13-15-27(25)35-33(32)38/h3-18,29H,19-20H2,1-2H3,(H,35,38). The Morgan fingerprint density at radius 2 is 1.65 bits per heavy atom. The minimum absolute atomic E-state index is 0.182. The van der Waals surface area contributed by atoms with E-state index in [1.807, 2.05) is 83.9 Å². The number of pyridine rings is 1. The smallest absolute Gasteiger partial charge is 0.258 e. The molecular weight excluding hydrogens is 522 g/mol. The van der Waals surface area contributed by atoms with Gasteiger partial charge in [0, 0.05) is 33.5 Å². The quantitative estimate of drug-likeness (QED) is 0.233. The molecule has 0 bridgehead atoms. The highest BCUT2D eigenvalue weighted by molar-refractivity contribution is 6.31. The van der Waals surface area contributed by atoms with Gasteiger partial charge in [0.25, 0.3) is 5.56 Å². The average Bonchev–Trinajstić information content (AvgIpc) is 3.40. The first kappa shape index (κ1) is 25.7. The second kappa shape index (κ2) is 10.9. The maximum atomic E-state index is 13.8. The number of fused-ring (bicyclic) bond motifs is 1. The summed E-state index contributed by atoms with van der Waals surface area (Å²) in [5.74, 6) is 1.47. The largest absolute Gasteiger partial charge is 0.497 e. The van der Waals surface area contributed by atoms with Crippen LogP contribution in [0.5, 0.6) is 11.5 Å². The first-order valence-corrected chi connectivity index (χ1v) is 13.4. The van der Waals surface area contributed by atoms with Crippen molar-refractivity contribution in [3.63, 3.8) is 0 Å². The van der Waals surface area contributed by atoms with Crippen LogP contribution in [0.1, 0.15) is 29.2 Å². The van der Waals surface area contributed by atoms with Gasteiger partial charge in [-0.1, -0.05) is 72.3 Å². The van der Waals surface area contributed by atoms with Crippen LogP contribution in [-0.4, -0.2) is 29.9 Å². The summed E-state index contributed by atoms with van der Waals surface area (Å²) in [5, 5.41) is 8.63. The lowest BCUT2D eigenvalue weighted by molar-refractivity contribution is 0.219. The Morgan fingerprint density at radius 3 is 2.38 bits per heavy atom. The number of nitrogens with one attached hydrogen (secondary N) is 1. The summed E-state index contributed by atoms with van der Waals surface area (Å²) >= 11 is 6.45. The molecule has 1 aliphatic rings. The van der Waals surface area contributed by atoms with Gasteiger partial charge in [-0.2, -0.15) is 5.10 Å². The van der Waals surface area contributed by atoms with Crippen molar-refractivity contribution >= 4 is 28.2 Å². The molecule has 0 amide bonds. The van der Waals surface area contributed by atoms with Gasteiger partial charge in [0.2, 0.25) is 0 Å². The van der Waals surface area contributed by atoms with Crippen molar-refractivity contribution in [2.75, 3.05) is 14.2 Å². The molecule has 0 saturated heterocycles. The molecule has 2 heterocycles. The van der Waals surface area contributed by atoms with E-state index in [2.05, 4.69) is 17.1 Å². The van der Waals surface area contributed by atoms with E-state index >= 15 is 0 Å². The van der Waals surface area contributed by atoms with Gasteiger partial charge in [0.15, 0.2) is 0 Å². The molecule has 40 heavy (non-hydrogen) atoms. The SMILES string of the molecule is COc1ccc(OC)c(C2CC(c3c(-c4ccccc4)c4cc(Cl)ccc4[nH]c3=O)=NN2Cc2ccccc2)c1. The molecule has 0 fully saturated rings. The van der Waals surface area contributed by atoms with Crippen molar-refractivity contribution in [1.29, 1.82) is 0 Å². The van der Waals surface area contributed by atoms with Gasteiger partial charge in [-0.25, -0.2) is 0 Å². The van der Waals surface area contributed by atoms with Crippen molar-refractivity contribution in [2.45, 2.75) is 19.0 Å². The number of hydrazone groups is 1. The Labute approximate surface area is 237 Å². The molecule has 0 radical (unpaired) electrons. The van der Waals surface area contributed by atoms with E-state index in [0.29, 0.717) is 29.3 Å². The summed E-state index contributed by atoms with van der Waals surface area (Å²) < 4.78 is 11.3. The molecule has 0 spiro atoms. The van der Waals surface area contributed by atoms with E-state index < -0.39 is 0 Å². The van der Waals surface area contributed by atoms with Crippen LogP contribution in [0.4, 0.5) is 0 Å². The highest BCUT2D eigenvalue weighted by Crippen LogP contribution is 2.41. The second-order valence-corrected chi connectivity index (χ2v) is 10.2. The van der Waals surface area contributed by atoms with Crippen LogP contribution in [0, 0.1) is 0 Å². The average molecular weight is 550 g/mol. The topological polar surface area (TPSA) is 66.9 Å². The zero-order valence-corrected chi connectivity index (χ0v) is 23.0. The number of aromatic nitrogens is 1. The third kappa shape index (κ3) is 4.82. The molecule has 6 rings (SSSR count).